The summed E-state index contributed by atoms with van der Waals surface area (Å²) in [6.07, 6.45) is 3.97. The first kappa shape index (κ1) is 11.3. The Morgan fingerprint density at radius 3 is 3.25 bits per heavy atom. The van der Waals surface area contributed by atoms with E-state index in [4.69, 9.17) is 27.4 Å². The lowest BCUT2D eigenvalue weighted by molar-refractivity contribution is 0.0678. The number of pyridine rings is 1. The van der Waals surface area contributed by atoms with Gasteiger partial charge in [-0.15, -0.1) is 0 Å². The molecule has 0 radical (unpaired) electrons. The monoisotopic (exact) mass is 238 g/mol. The number of hydrogen-bond acceptors (Lipinski definition) is 4. The van der Waals surface area contributed by atoms with E-state index in [9.17, 15) is 0 Å². The van der Waals surface area contributed by atoms with Crippen LogP contribution in [0.5, 0.6) is 5.75 Å². The number of thiocarbonyl (C=S) groups is 1. The number of aromatic nitrogens is 1. The zero-order valence-electron chi connectivity index (χ0n) is 8.89. The van der Waals surface area contributed by atoms with Crippen molar-refractivity contribution >= 4 is 17.2 Å². The Labute approximate surface area is 99.8 Å². The summed E-state index contributed by atoms with van der Waals surface area (Å²) in [5, 5.41) is 0. The van der Waals surface area contributed by atoms with E-state index in [-0.39, 0.29) is 11.1 Å². The van der Waals surface area contributed by atoms with Crippen LogP contribution in [0.25, 0.3) is 0 Å². The van der Waals surface area contributed by atoms with Crippen LogP contribution in [0.3, 0.4) is 0 Å². The molecule has 1 unspecified atom stereocenters. The Bertz CT molecular complexity index is 378. The first-order chi connectivity index (χ1) is 7.77. The van der Waals surface area contributed by atoms with Gasteiger partial charge in [0.05, 0.1) is 6.10 Å². The van der Waals surface area contributed by atoms with E-state index in [1.807, 2.05) is 6.07 Å². The maximum atomic E-state index is 5.63. The number of rotatable bonds is 4. The van der Waals surface area contributed by atoms with E-state index >= 15 is 0 Å². The van der Waals surface area contributed by atoms with E-state index in [2.05, 4.69) is 4.98 Å². The van der Waals surface area contributed by atoms with Gasteiger partial charge in [0.25, 0.3) is 0 Å². The van der Waals surface area contributed by atoms with Crippen molar-refractivity contribution in [3.05, 3.63) is 24.0 Å². The summed E-state index contributed by atoms with van der Waals surface area (Å²) in [5.41, 5.74) is 6.09. The minimum Gasteiger partial charge on any atom is -0.489 e. The minimum atomic E-state index is 0.180. The van der Waals surface area contributed by atoms with Crippen LogP contribution in [0.2, 0.25) is 0 Å². The normalized spacial score (nSPS) is 19.6. The lowest BCUT2D eigenvalue weighted by Gasteiger charge is -2.13. The second kappa shape index (κ2) is 5.23. The molecule has 0 saturated carbocycles. The van der Waals surface area contributed by atoms with Crippen LogP contribution in [0.15, 0.2) is 18.3 Å². The van der Waals surface area contributed by atoms with Crippen LogP contribution < -0.4 is 10.5 Å². The van der Waals surface area contributed by atoms with Crippen LogP contribution in [-0.2, 0) is 4.74 Å². The quantitative estimate of drug-likeness (QED) is 0.801. The topological polar surface area (TPSA) is 57.4 Å². The van der Waals surface area contributed by atoms with Crippen LogP contribution >= 0.6 is 12.2 Å². The van der Waals surface area contributed by atoms with E-state index in [0.717, 1.165) is 19.4 Å². The molecule has 1 atom stereocenters. The Morgan fingerprint density at radius 2 is 2.56 bits per heavy atom. The highest BCUT2D eigenvalue weighted by atomic mass is 32.1. The SMILES string of the molecule is NC(=S)c1ncccc1OCC1CCCO1. The van der Waals surface area contributed by atoms with Crippen molar-refractivity contribution in [2.24, 2.45) is 5.73 Å². The van der Waals surface area contributed by atoms with Gasteiger partial charge in [-0.1, -0.05) is 12.2 Å². The van der Waals surface area contributed by atoms with Gasteiger partial charge in [0.1, 0.15) is 23.0 Å². The van der Waals surface area contributed by atoms with Crippen molar-refractivity contribution in [2.75, 3.05) is 13.2 Å². The van der Waals surface area contributed by atoms with Crippen molar-refractivity contribution in [1.29, 1.82) is 0 Å². The fourth-order valence-corrected chi connectivity index (χ4v) is 1.80. The molecule has 2 N–H and O–H groups in total. The van der Waals surface area contributed by atoms with Crippen molar-refractivity contribution < 1.29 is 9.47 Å². The van der Waals surface area contributed by atoms with E-state index in [0.29, 0.717) is 18.1 Å². The van der Waals surface area contributed by atoms with Gasteiger partial charge in [0, 0.05) is 12.8 Å². The maximum absolute atomic E-state index is 5.63. The first-order valence-corrected chi connectivity index (χ1v) is 5.67. The third kappa shape index (κ3) is 2.68. The van der Waals surface area contributed by atoms with Crippen molar-refractivity contribution in [1.82, 2.24) is 4.98 Å². The largest absolute Gasteiger partial charge is 0.489 e. The molecule has 0 amide bonds. The average molecular weight is 238 g/mol. The summed E-state index contributed by atoms with van der Waals surface area (Å²) in [6.45, 7) is 1.35. The molecular weight excluding hydrogens is 224 g/mol. The Balaban J connectivity index is 2.00. The molecule has 1 aromatic rings. The molecule has 1 aromatic heterocycles. The molecule has 1 saturated heterocycles. The number of nitrogens with zero attached hydrogens (tertiary/aromatic N) is 1. The molecular formula is C11H14N2O2S. The summed E-state index contributed by atoms with van der Waals surface area (Å²) < 4.78 is 11.1. The molecule has 0 bridgehead atoms. The molecule has 2 heterocycles. The minimum absolute atomic E-state index is 0.180. The Hall–Kier alpha value is -1.20. The summed E-state index contributed by atoms with van der Waals surface area (Å²) in [7, 11) is 0. The molecule has 0 spiro atoms. The van der Waals surface area contributed by atoms with Gasteiger partial charge >= 0.3 is 0 Å². The highest BCUT2D eigenvalue weighted by Crippen LogP contribution is 2.18. The van der Waals surface area contributed by atoms with Gasteiger partial charge in [-0.3, -0.25) is 0 Å². The predicted molar refractivity (Wildman–Crippen MR) is 64.6 cm³/mol. The molecule has 2 rings (SSSR count). The molecule has 16 heavy (non-hydrogen) atoms. The van der Waals surface area contributed by atoms with E-state index < -0.39 is 0 Å². The zero-order valence-corrected chi connectivity index (χ0v) is 9.70. The summed E-state index contributed by atoms with van der Waals surface area (Å²) in [6, 6.07) is 3.61. The third-order valence-electron chi connectivity index (χ3n) is 2.45. The Morgan fingerprint density at radius 1 is 1.69 bits per heavy atom. The third-order valence-corrected chi connectivity index (χ3v) is 2.65. The van der Waals surface area contributed by atoms with Gasteiger partial charge in [-0.05, 0) is 25.0 Å². The molecule has 0 aromatic carbocycles. The lowest BCUT2D eigenvalue weighted by atomic mass is 10.2. The molecule has 5 heteroatoms. The predicted octanol–water partition coefficient (Wildman–Crippen LogP) is 1.27. The average Bonchev–Trinajstić information content (AvgIpc) is 2.79. The van der Waals surface area contributed by atoms with Crippen molar-refractivity contribution in [2.45, 2.75) is 18.9 Å². The summed E-state index contributed by atoms with van der Waals surface area (Å²) in [5.74, 6) is 0.630. The number of ether oxygens (including phenoxy) is 2. The number of hydrogen-bond donors (Lipinski definition) is 1. The second-order valence-corrected chi connectivity index (χ2v) is 4.10. The highest BCUT2D eigenvalue weighted by molar-refractivity contribution is 7.80. The highest BCUT2D eigenvalue weighted by Gasteiger charge is 2.17. The molecule has 1 fully saturated rings. The van der Waals surface area contributed by atoms with Crippen molar-refractivity contribution in [3.8, 4) is 5.75 Å². The summed E-state index contributed by atoms with van der Waals surface area (Å²) >= 11 is 4.90. The number of nitrogens with two attached hydrogens (primary N) is 1. The van der Waals surface area contributed by atoms with Gasteiger partial charge in [0.2, 0.25) is 0 Å². The standard InChI is InChI=1S/C11H14N2O2S/c12-11(16)10-9(4-1-5-13-10)15-7-8-3-2-6-14-8/h1,4-5,8H,2-3,6-7H2,(H2,12,16). The molecule has 0 aliphatic carbocycles. The molecule has 4 nitrogen and oxygen atoms in total. The molecule has 1 aliphatic heterocycles. The fraction of sp³-hybridized carbons (Fsp3) is 0.455. The van der Waals surface area contributed by atoms with Crippen LogP contribution in [-0.4, -0.2) is 29.3 Å². The summed E-state index contributed by atoms with van der Waals surface area (Å²) in [4.78, 5) is 4.34. The van der Waals surface area contributed by atoms with E-state index in [1.54, 1.807) is 12.3 Å². The van der Waals surface area contributed by atoms with Gasteiger partial charge in [-0.25, -0.2) is 4.98 Å². The van der Waals surface area contributed by atoms with Crippen LogP contribution in [0.4, 0.5) is 0 Å². The van der Waals surface area contributed by atoms with Gasteiger partial charge in [0.15, 0.2) is 0 Å². The smallest absolute Gasteiger partial charge is 0.148 e. The first-order valence-electron chi connectivity index (χ1n) is 5.26. The fourth-order valence-electron chi connectivity index (χ4n) is 1.65. The second-order valence-electron chi connectivity index (χ2n) is 3.66. The van der Waals surface area contributed by atoms with Crippen molar-refractivity contribution in [3.63, 3.8) is 0 Å². The molecule has 86 valence electrons. The van der Waals surface area contributed by atoms with Crippen LogP contribution in [0, 0.1) is 0 Å². The van der Waals surface area contributed by atoms with Gasteiger partial charge in [-0.2, -0.15) is 0 Å². The molecule has 1 aliphatic rings. The zero-order chi connectivity index (χ0) is 11.4. The maximum Gasteiger partial charge on any atom is 0.148 e. The van der Waals surface area contributed by atoms with Gasteiger partial charge < -0.3 is 15.2 Å². The van der Waals surface area contributed by atoms with E-state index in [1.165, 1.54) is 0 Å². The van der Waals surface area contributed by atoms with Crippen LogP contribution in [0.1, 0.15) is 18.5 Å². The Kier molecular flexibility index (Phi) is 3.69. The lowest BCUT2D eigenvalue weighted by Crippen LogP contribution is -2.19.